The number of aromatic nitrogens is 1. The molecular formula is C22H27IN4O3. The number of aliphatic imine (C=N–C) groups is 1. The minimum Gasteiger partial charge on any atom is -0.497 e. The van der Waals surface area contributed by atoms with E-state index in [1.807, 2.05) is 66.5 Å². The summed E-state index contributed by atoms with van der Waals surface area (Å²) in [4.78, 5) is 10.8. The van der Waals surface area contributed by atoms with Crippen LogP contribution in [-0.4, -0.2) is 50.2 Å². The molecule has 1 heterocycles. The van der Waals surface area contributed by atoms with E-state index in [0.717, 1.165) is 28.7 Å². The monoisotopic (exact) mass is 522 g/mol. The van der Waals surface area contributed by atoms with Crippen LogP contribution in [0.4, 0.5) is 0 Å². The van der Waals surface area contributed by atoms with Crippen LogP contribution >= 0.6 is 24.0 Å². The fraction of sp³-hybridized carbons (Fsp3) is 0.273. The van der Waals surface area contributed by atoms with Gasteiger partial charge in [-0.2, -0.15) is 0 Å². The molecule has 1 N–H and O–H groups in total. The second-order valence-corrected chi connectivity index (χ2v) is 6.36. The molecule has 0 saturated carbocycles. The number of guanidine groups is 1. The molecule has 1 aromatic heterocycles. The van der Waals surface area contributed by atoms with Crippen molar-refractivity contribution in [3.63, 3.8) is 0 Å². The van der Waals surface area contributed by atoms with E-state index in [0.29, 0.717) is 25.6 Å². The zero-order valence-electron chi connectivity index (χ0n) is 17.4. The van der Waals surface area contributed by atoms with Crippen molar-refractivity contribution in [1.82, 2.24) is 15.2 Å². The molecule has 0 unspecified atom stereocenters. The van der Waals surface area contributed by atoms with Crippen LogP contribution in [0.2, 0.25) is 0 Å². The lowest BCUT2D eigenvalue weighted by atomic mass is 10.2. The van der Waals surface area contributed by atoms with Crippen molar-refractivity contribution >= 4 is 29.9 Å². The van der Waals surface area contributed by atoms with E-state index >= 15 is 0 Å². The standard InChI is InChI=1S/C22H26N4O3.HI/c1-23-22(26(2)13-14-28-20-11-9-19(27-3)10-12-20)24-15-18-16-29-21(25-18)17-7-5-4-6-8-17;/h4-12,16H,13-15H2,1-3H3,(H,23,24);1H. The molecular weight excluding hydrogens is 495 g/mol. The second kappa shape index (κ2) is 12.1. The SMILES string of the molecule is CN=C(NCc1coc(-c2ccccc2)n1)N(C)CCOc1ccc(OC)cc1.I. The van der Waals surface area contributed by atoms with Crippen LogP contribution < -0.4 is 14.8 Å². The summed E-state index contributed by atoms with van der Waals surface area (Å²) in [7, 11) is 5.36. The minimum atomic E-state index is 0. The van der Waals surface area contributed by atoms with Crippen LogP contribution in [0.15, 0.2) is 70.3 Å². The molecule has 160 valence electrons. The topological polar surface area (TPSA) is 72.1 Å². The van der Waals surface area contributed by atoms with Crippen LogP contribution in [0.1, 0.15) is 5.69 Å². The molecule has 0 spiro atoms. The fourth-order valence-corrected chi connectivity index (χ4v) is 2.73. The average molecular weight is 522 g/mol. The summed E-state index contributed by atoms with van der Waals surface area (Å²) >= 11 is 0. The number of nitrogens with one attached hydrogen (secondary N) is 1. The highest BCUT2D eigenvalue weighted by Gasteiger charge is 2.09. The molecule has 2 aromatic carbocycles. The van der Waals surface area contributed by atoms with Gasteiger partial charge in [0.15, 0.2) is 5.96 Å². The predicted octanol–water partition coefficient (Wildman–Crippen LogP) is 4.05. The number of halogens is 1. The van der Waals surface area contributed by atoms with Gasteiger partial charge in [-0.05, 0) is 36.4 Å². The second-order valence-electron chi connectivity index (χ2n) is 6.36. The van der Waals surface area contributed by atoms with E-state index in [-0.39, 0.29) is 24.0 Å². The summed E-state index contributed by atoms with van der Waals surface area (Å²) in [5, 5.41) is 3.30. The summed E-state index contributed by atoms with van der Waals surface area (Å²) in [5.74, 6) is 2.98. The third kappa shape index (κ3) is 6.65. The van der Waals surface area contributed by atoms with Gasteiger partial charge in [0.05, 0.1) is 25.9 Å². The molecule has 0 amide bonds. The first-order valence-corrected chi connectivity index (χ1v) is 9.38. The van der Waals surface area contributed by atoms with Crippen molar-refractivity contribution in [2.75, 3.05) is 34.4 Å². The highest BCUT2D eigenvalue weighted by molar-refractivity contribution is 14.0. The number of ether oxygens (including phenoxy) is 2. The Balaban J connectivity index is 0.00000320. The van der Waals surface area contributed by atoms with Crippen molar-refractivity contribution in [2.45, 2.75) is 6.54 Å². The van der Waals surface area contributed by atoms with E-state index in [2.05, 4.69) is 15.3 Å². The first kappa shape index (κ1) is 23.5. The van der Waals surface area contributed by atoms with Crippen molar-refractivity contribution in [3.05, 3.63) is 66.6 Å². The number of benzene rings is 2. The zero-order valence-corrected chi connectivity index (χ0v) is 19.7. The molecule has 0 aliphatic heterocycles. The molecule has 0 atom stereocenters. The van der Waals surface area contributed by atoms with Crippen LogP contribution in [0.5, 0.6) is 11.5 Å². The van der Waals surface area contributed by atoms with Crippen LogP contribution in [-0.2, 0) is 6.54 Å². The molecule has 0 radical (unpaired) electrons. The quantitative estimate of drug-likeness (QED) is 0.274. The zero-order chi connectivity index (χ0) is 20.5. The first-order valence-electron chi connectivity index (χ1n) is 9.38. The van der Waals surface area contributed by atoms with Crippen molar-refractivity contribution in [1.29, 1.82) is 0 Å². The van der Waals surface area contributed by atoms with E-state index < -0.39 is 0 Å². The smallest absolute Gasteiger partial charge is 0.226 e. The van der Waals surface area contributed by atoms with Gasteiger partial charge >= 0.3 is 0 Å². The van der Waals surface area contributed by atoms with E-state index in [9.17, 15) is 0 Å². The van der Waals surface area contributed by atoms with Crippen molar-refractivity contribution in [3.8, 4) is 23.0 Å². The number of nitrogens with zero attached hydrogens (tertiary/aromatic N) is 3. The number of hydrogen-bond acceptors (Lipinski definition) is 5. The fourth-order valence-electron chi connectivity index (χ4n) is 2.73. The van der Waals surface area contributed by atoms with Gasteiger partial charge in [-0.25, -0.2) is 4.98 Å². The van der Waals surface area contributed by atoms with Gasteiger partial charge in [-0.1, -0.05) is 18.2 Å². The Labute approximate surface area is 194 Å². The highest BCUT2D eigenvalue weighted by atomic mass is 127. The molecule has 0 saturated heterocycles. The van der Waals surface area contributed by atoms with Crippen LogP contribution in [0.25, 0.3) is 11.5 Å². The van der Waals surface area contributed by atoms with E-state index in [1.165, 1.54) is 0 Å². The van der Waals surface area contributed by atoms with Gasteiger partial charge in [0.25, 0.3) is 0 Å². The summed E-state index contributed by atoms with van der Waals surface area (Å²) < 4.78 is 16.5. The van der Waals surface area contributed by atoms with Crippen molar-refractivity contribution in [2.24, 2.45) is 4.99 Å². The van der Waals surface area contributed by atoms with Gasteiger partial charge in [0, 0.05) is 19.7 Å². The summed E-state index contributed by atoms with van der Waals surface area (Å²) in [5.41, 5.74) is 1.77. The summed E-state index contributed by atoms with van der Waals surface area (Å²) in [6.45, 7) is 1.73. The Morgan fingerprint density at radius 2 is 1.80 bits per heavy atom. The Kier molecular flexibility index (Phi) is 9.46. The Morgan fingerprint density at radius 3 is 2.47 bits per heavy atom. The van der Waals surface area contributed by atoms with Crippen molar-refractivity contribution < 1.29 is 13.9 Å². The average Bonchev–Trinajstić information content (AvgIpc) is 3.24. The molecule has 7 nitrogen and oxygen atoms in total. The normalized spacial score (nSPS) is 10.8. The lowest BCUT2D eigenvalue weighted by Gasteiger charge is -2.21. The molecule has 0 bridgehead atoms. The molecule has 0 aliphatic carbocycles. The van der Waals surface area contributed by atoms with Gasteiger partial charge in [-0.3, -0.25) is 4.99 Å². The Hall–Kier alpha value is -2.75. The maximum atomic E-state index is 5.78. The van der Waals surface area contributed by atoms with Crippen LogP contribution in [0, 0.1) is 0 Å². The summed E-state index contributed by atoms with van der Waals surface area (Å²) in [6, 6.07) is 17.4. The summed E-state index contributed by atoms with van der Waals surface area (Å²) in [6.07, 6.45) is 1.66. The molecule has 30 heavy (non-hydrogen) atoms. The maximum absolute atomic E-state index is 5.78. The number of oxazole rings is 1. The van der Waals surface area contributed by atoms with E-state index in [4.69, 9.17) is 13.9 Å². The Bertz CT molecular complexity index is 914. The lowest BCUT2D eigenvalue weighted by Crippen LogP contribution is -2.40. The molecule has 0 fully saturated rings. The van der Waals surface area contributed by atoms with E-state index in [1.54, 1.807) is 20.4 Å². The van der Waals surface area contributed by atoms with Gasteiger partial charge < -0.3 is 24.1 Å². The molecule has 3 aromatic rings. The van der Waals surface area contributed by atoms with Gasteiger partial charge in [0.2, 0.25) is 5.89 Å². The first-order chi connectivity index (χ1) is 14.2. The largest absolute Gasteiger partial charge is 0.497 e. The number of likely N-dealkylation sites (N-methyl/N-ethyl adjacent to an activating group) is 1. The third-order valence-corrected chi connectivity index (χ3v) is 4.33. The molecule has 3 rings (SSSR count). The minimum absolute atomic E-state index is 0. The number of methoxy groups -OCH3 is 1. The van der Waals surface area contributed by atoms with Crippen LogP contribution in [0.3, 0.4) is 0 Å². The van der Waals surface area contributed by atoms with Gasteiger partial charge in [0.1, 0.15) is 24.4 Å². The number of hydrogen-bond donors (Lipinski definition) is 1. The highest BCUT2D eigenvalue weighted by Crippen LogP contribution is 2.18. The Morgan fingerprint density at radius 1 is 1.10 bits per heavy atom. The third-order valence-electron chi connectivity index (χ3n) is 4.33. The lowest BCUT2D eigenvalue weighted by molar-refractivity contribution is 0.281. The maximum Gasteiger partial charge on any atom is 0.226 e. The number of rotatable bonds is 8. The predicted molar refractivity (Wildman–Crippen MR) is 129 cm³/mol. The van der Waals surface area contributed by atoms with Gasteiger partial charge in [-0.15, -0.1) is 24.0 Å². The molecule has 8 heteroatoms. The molecule has 0 aliphatic rings.